The van der Waals surface area contributed by atoms with Crippen molar-refractivity contribution in [1.29, 1.82) is 0 Å². The van der Waals surface area contributed by atoms with E-state index in [0.717, 1.165) is 12.8 Å². The van der Waals surface area contributed by atoms with Gasteiger partial charge in [-0.2, -0.15) is 13.2 Å². The monoisotopic (exact) mass is 283 g/mol. The highest BCUT2D eigenvalue weighted by atomic mass is 19.4. The van der Waals surface area contributed by atoms with Gasteiger partial charge in [0.1, 0.15) is 13.2 Å². The molecule has 0 aliphatic heterocycles. The van der Waals surface area contributed by atoms with Crippen LogP contribution in [0, 0.1) is 5.92 Å². The normalized spacial score (nSPS) is 28.2. The number of hydrogen-bond acceptors (Lipinski definition) is 3. The number of aliphatic hydroxyl groups excluding tert-OH is 1. The SMILES string of the molecule is CC1CCCC(CO)(NC(=O)COCC(F)(F)F)C1. The number of carbonyl (C=O) groups is 1. The van der Waals surface area contributed by atoms with Gasteiger partial charge in [-0.25, -0.2) is 0 Å². The molecule has 2 atom stereocenters. The van der Waals surface area contributed by atoms with Gasteiger partial charge in [-0.3, -0.25) is 4.79 Å². The zero-order valence-corrected chi connectivity index (χ0v) is 10.9. The first-order valence-electron chi connectivity index (χ1n) is 6.33. The second-order valence-corrected chi connectivity index (χ2v) is 5.30. The number of halogens is 3. The maximum atomic E-state index is 11.9. The zero-order valence-electron chi connectivity index (χ0n) is 10.9. The van der Waals surface area contributed by atoms with Crippen molar-refractivity contribution in [2.24, 2.45) is 5.92 Å². The van der Waals surface area contributed by atoms with E-state index in [1.165, 1.54) is 0 Å². The molecule has 0 saturated heterocycles. The van der Waals surface area contributed by atoms with E-state index in [1.807, 2.05) is 6.92 Å². The fourth-order valence-electron chi connectivity index (χ4n) is 2.55. The van der Waals surface area contributed by atoms with Crippen LogP contribution in [-0.2, 0) is 9.53 Å². The number of hydrogen-bond donors (Lipinski definition) is 2. The lowest BCUT2D eigenvalue weighted by Crippen LogP contribution is -2.54. The minimum absolute atomic E-state index is 0.206. The van der Waals surface area contributed by atoms with Crippen LogP contribution < -0.4 is 5.32 Å². The molecule has 2 unspecified atom stereocenters. The van der Waals surface area contributed by atoms with Crippen LogP contribution in [0.3, 0.4) is 0 Å². The molecule has 0 aromatic carbocycles. The second-order valence-electron chi connectivity index (χ2n) is 5.30. The van der Waals surface area contributed by atoms with Crippen molar-refractivity contribution in [2.45, 2.75) is 44.3 Å². The number of ether oxygens (including phenoxy) is 1. The van der Waals surface area contributed by atoms with Crippen LogP contribution in [0.4, 0.5) is 13.2 Å². The quantitative estimate of drug-likeness (QED) is 0.806. The Balaban J connectivity index is 2.40. The lowest BCUT2D eigenvalue weighted by molar-refractivity contribution is -0.176. The molecule has 0 aromatic rings. The molecule has 0 aromatic heterocycles. The molecule has 1 rings (SSSR count). The van der Waals surface area contributed by atoms with Crippen LogP contribution in [0.1, 0.15) is 32.6 Å². The maximum Gasteiger partial charge on any atom is 0.411 e. The first-order chi connectivity index (χ1) is 8.76. The van der Waals surface area contributed by atoms with E-state index in [1.54, 1.807) is 0 Å². The van der Waals surface area contributed by atoms with Gasteiger partial charge in [-0.15, -0.1) is 0 Å². The Bertz CT molecular complexity index is 309. The molecule has 0 bridgehead atoms. The van der Waals surface area contributed by atoms with Gasteiger partial charge >= 0.3 is 6.18 Å². The van der Waals surface area contributed by atoms with Gasteiger partial charge in [-0.1, -0.05) is 19.8 Å². The van der Waals surface area contributed by atoms with E-state index in [2.05, 4.69) is 10.1 Å². The molecule has 0 spiro atoms. The third-order valence-electron chi connectivity index (χ3n) is 3.30. The minimum atomic E-state index is -4.44. The molecule has 2 N–H and O–H groups in total. The Hall–Kier alpha value is -0.820. The fraction of sp³-hybridized carbons (Fsp3) is 0.917. The molecule has 1 saturated carbocycles. The molecular weight excluding hydrogens is 263 g/mol. The number of nitrogens with one attached hydrogen (secondary N) is 1. The van der Waals surface area contributed by atoms with Crippen LogP contribution in [-0.4, -0.2) is 42.5 Å². The van der Waals surface area contributed by atoms with Gasteiger partial charge in [-0.05, 0) is 18.8 Å². The summed E-state index contributed by atoms with van der Waals surface area (Å²) >= 11 is 0. The van der Waals surface area contributed by atoms with E-state index in [-0.39, 0.29) is 6.61 Å². The molecule has 19 heavy (non-hydrogen) atoms. The summed E-state index contributed by atoms with van der Waals surface area (Å²) in [5.74, 6) is -0.246. The molecule has 0 heterocycles. The summed E-state index contributed by atoms with van der Waals surface area (Å²) in [4.78, 5) is 11.6. The van der Waals surface area contributed by atoms with Crippen molar-refractivity contribution in [3.8, 4) is 0 Å². The van der Waals surface area contributed by atoms with E-state index in [9.17, 15) is 23.1 Å². The minimum Gasteiger partial charge on any atom is -0.394 e. The lowest BCUT2D eigenvalue weighted by Gasteiger charge is -2.39. The van der Waals surface area contributed by atoms with Crippen LogP contribution in [0.2, 0.25) is 0 Å². The number of carbonyl (C=O) groups excluding carboxylic acids is 1. The second kappa shape index (κ2) is 6.56. The van der Waals surface area contributed by atoms with Gasteiger partial charge in [0.25, 0.3) is 0 Å². The average molecular weight is 283 g/mol. The summed E-state index contributed by atoms with van der Waals surface area (Å²) < 4.78 is 39.9. The van der Waals surface area contributed by atoms with E-state index >= 15 is 0 Å². The predicted octanol–water partition coefficient (Wildman–Crippen LogP) is 1.62. The van der Waals surface area contributed by atoms with E-state index in [4.69, 9.17) is 0 Å². The summed E-state index contributed by atoms with van der Waals surface area (Å²) in [6, 6.07) is 0. The number of aliphatic hydroxyl groups is 1. The summed E-state index contributed by atoms with van der Waals surface area (Å²) in [5.41, 5.74) is -0.712. The highest BCUT2D eigenvalue weighted by molar-refractivity contribution is 5.78. The molecule has 4 nitrogen and oxygen atoms in total. The van der Waals surface area contributed by atoms with Crippen molar-refractivity contribution in [3.05, 3.63) is 0 Å². The molecule has 0 radical (unpaired) electrons. The summed E-state index contributed by atoms with van der Waals surface area (Å²) in [7, 11) is 0. The Morgan fingerprint density at radius 2 is 2.21 bits per heavy atom. The summed E-state index contributed by atoms with van der Waals surface area (Å²) in [6.07, 6.45) is -1.25. The van der Waals surface area contributed by atoms with Gasteiger partial charge in [0.15, 0.2) is 0 Å². The third-order valence-corrected chi connectivity index (χ3v) is 3.30. The van der Waals surface area contributed by atoms with Gasteiger partial charge in [0.2, 0.25) is 5.91 Å². The van der Waals surface area contributed by atoms with Gasteiger partial charge < -0.3 is 15.2 Å². The van der Waals surface area contributed by atoms with Crippen molar-refractivity contribution < 1.29 is 27.8 Å². The van der Waals surface area contributed by atoms with Crippen molar-refractivity contribution in [2.75, 3.05) is 19.8 Å². The van der Waals surface area contributed by atoms with Crippen LogP contribution in [0.5, 0.6) is 0 Å². The van der Waals surface area contributed by atoms with Crippen LogP contribution >= 0.6 is 0 Å². The fourth-order valence-corrected chi connectivity index (χ4v) is 2.55. The molecule has 7 heteroatoms. The summed E-state index contributed by atoms with van der Waals surface area (Å²) in [6.45, 7) is -0.267. The summed E-state index contributed by atoms with van der Waals surface area (Å²) in [5, 5.41) is 12.0. The largest absolute Gasteiger partial charge is 0.411 e. The molecule has 1 amide bonds. The van der Waals surface area contributed by atoms with Crippen molar-refractivity contribution >= 4 is 5.91 Å². The third kappa shape index (κ3) is 5.78. The van der Waals surface area contributed by atoms with Crippen molar-refractivity contribution in [1.82, 2.24) is 5.32 Å². The maximum absolute atomic E-state index is 11.9. The topological polar surface area (TPSA) is 58.6 Å². The standard InChI is InChI=1S/C12H20F3NO3/c1-9-3-2-4-11(5-9,7-17)16-10(18)6-19-8-12(13,14)15/h9,17H,2-8H2,1H3,(H,16,18). The Morgan fingerprint density at radius 1 is 1.53 bits per heavy atom. The molecule has 1 aliphatic carbocycles. The first-order valence-corrected chi connectivity index (χ1v) is 6.33. The molecule has 1 fully saturated rings. The molecule has 112 valence electrons. The smallest absolute Gasteiger partial charge is 0.394 e. The highest BCUT2D eigenvalue weighted by Gasteiger charge is 2.36. The first kappa shape index (κ1) is 16.2. The predicted molar refractivity (Wildman–Crippen MR) is 62.5 cm³/mol. The van der Waals surface area contributed by atoms with Crippen molar-refractivity contribution in [3.63, 3.8) is 0 Å². The van der Waals surface area contributed by atoms with E-state index in [0.29, 0.717) is 18.8 Å². The number of rotatable bonds is 5. The van der Waals surface area contributed by atoms with E-state index < -0.39 is 30.8 Å². The number of alkyl halides is 3. The zero-order chi connectivity index (χ0) is 14.5. The highest BCUT2D eigenvalue weighted by Crippen LogP contribution is 2.31. The molecule has 1 aliphatic rings. The van der Waals surface area contributed by atoms with Crippen LogP contribution in [0.15, 0.2) is 0 Å². The van der Waals surface area contributed by atoms with Gasteiger partial charge in [0, 0.05) is 0 Å². The number of amides is 1. The molecular formula is C12H20F3NO3. The Kier molecular flexibility index (Phi) is 5.61. The average Bonchev–Trinajstić information content (AvgIpc) is 2.27. The van der Waals surface area contributed by atoms with Gasteiger partial charge in [0.05, 0.1) is 12.1 Å². The van der Waals surface area contributed by atoms with Crippen LogP contribution in [0.25, 0.3) is 0 Å². The lowest BCUT2D eigenvalue weighted by atomic mass is 9.77. The Morgan fingerprint density at radius 3 is 2.74 bits per heavy atom. The Labute approximate surface area is 110 Å².